The molecule has 1 N–H and O–H groups in total. The summed E-state index contributed by atoms with van der Waals surface area (Å²) in [5.41, 5.74) is 6.99. The van der Waals surface area contributed by atoms with E-state index in [1.807, 2.05) is 26.0 Å². The molecule has 0 saturated heterocycles. The van der Waals surface area contributed by atoms with Crippen LogP contribution < -0.4 is 18.7 Å². The molecule has 0 saturated carbocycles. The Morgan fingerprint density at radius 3 is 2.57 bits per heavy atom. The molecule has 46 heavy (non-hydrogen) atoms. The first-order chi connectivity index (χ1) is 21.7. The van der Waals surface area contributed by atoms with Crippen LogP contribution in [-0.2, 0) is 26.8 Å². The van der Waals surface area contributed by atoms with Gasteiger partial charge in [-0.2, -0.15) is 0 Å². The third-order valence-electron chi connectivity index (χ3n) is 8.15. The van der Waals surface area contributed by atoms with Crippen molar-refractivity contribution in [1.82, 2.24) is 0 Å². The molecule has 13 heteroatoms. The number of rotatable bonds is 12. The topological polar surface area (TPSA) is 128 Å². The van der Waals surface area contributed by atoms with E-state index in [9.17, 15) is 25.9 Å². The van der Waals surface area contributed by atoms with Gasteiger partial charge in [0.2, 0.25) is 0 Å². The third kappa shape index (κ3) is 8.82. The van der Waals surface area contributed by atoms with Crippen LogP contribution in [-0.4, -0.2) is 80.1 Å². The number of nitrogens with zero attached hydrogens (tertiary/aromatic N) is 2. The molecular formula is C33H40N2O7S2Se2. The summed E-state index contributed by atoms with van der Waals surface area (Å²) in [4.78, 5) is 2.20. The van der Waals surface area contributed by atoms with E-state index in [-0.39, 0.29) is 47.4 Å². The molecule has 248 valence electrons. The Hall–Kier alpha value is -2.21. The van der Waals surface area contributed by atoms with Crippen LogP contribution in [0.4, 0.5) is 5.69 Å². The van der Waals surface area contributed by atoms with Crippen molar-refractivity contribution in [2.75, 3.05) is 29.6 Å². The molecule has 1 unspecified atom stereocenters. The van der Waals surface area contributed by atoms with Crippen LogP contribution in [0.1, 0.15) is 56.6 Å². The molecule has 3 aromatic rings. The Balaban J connectivity index is 1.53. The number of hydrogen-bond donors (Lipinski definition) is 1. The van der Waals surface area contributed by atoms with E-state index in [4.69, 9.17) is 4.74 Å². The Morgan fingerprint density at radius 1 is 1.07 bits per heavy atom. The maximum absolute atomic E-state index is 11.5. The predicted octanol–water partition coefficient (Wildman–Crippen LogP) is 3.93. The average molecular weight is 799 g/mol. The summed E-state index contributed by atoms with van der Waals surface area (Å²) >= 11 is 0.0574. The first-order valence-electron chi connectivity index (χ1n) is 15.4. The first-order valence-corrected chi connectivity index (χ1v) is 22.0. The molecule has 0 radical (unpaired) electrons. The van der Waals surface area contributed by atoms with Crippen molar-refractivity contribution in [3.05, 3.63) is 73.9 Å². The number of aromatic nitrogens is 1. The zero-order chi connectivity index (χ0) is 33.2. The molecule has 2 heterocycles. The van der Waals surface area contributed by atoms with Crippen LogP contribution in [0.3, 0.4) is 0 Å². The van der Waals surface area contributed by atoms with E-state index in [2.05, 4.69) is 59.7 Å². The number of aryl methyl sites for hydroxylation is 2. The van der Waals surface area contributed by atoms with Gasteiger partial charge in [0.25, 0.3) is 0 Å². The van der Waals surface area contributed by atoms with Gasteiger partial charge in [0, 0.05) is 0 Å². The molecular weight excluding hydrogens is 758 g/mol. The van der Waals surface area contributed by atoms with Crippen LogP contribution in [0.2, 0.25) is 0 Å². The molecule has 2 aliphatic rings. The van der Waals surface area contributed by atoms with E-state index in [1.165, 1.54) is 30.0 Å². The van der Waals surface area contributed by atoms with Crippen molar-refractivity contribution in [2.45, 2.75) is 59.9 Å². The SMILES string of the molecule is CCOc1ccc2[se]c(C=C3CC(C)CC(C=C4[Se]c5ccc(C)cc5N4CCCS(=O)(=O)[O-])=C3C)[n+](CCCS(=O)(=O)O)c2c1. The second kappa shape index (κ2) is 14.5. The molecule has 0 bridgehead atoms. The summed E-state index contributed by atoms with van der Waals surface area (Å²) in [5, 5.41) is 0. The summed E-state index contributed by atoms with van der Waals surface area (Å²) in [6.45, 7) is 9.90. The summed E-state index contributed by atoms with van der Waals surface area (Å²) < 4.78 is 79.2. The molecule has 9 nitrogen and oxygen atoms in total. The number of hydrogen-bond acceptors (Lipinski definition) is 7. The Morgan fingerprint density at radius 2 is 1.85 bits per heavy atom. The van der Waals surface area contributed by atoms with E-state index in [0.29, 0.717) is 32.0 Å². The molecule has 5 rings (SSSR count). The van der Waals surface area contributed by atoms with Gasteiger partial charge in [-0.05, 0) is 0 Å². The molecule has 0 fully saturated rings. The van der Waals surface area contributed by atoms with Gasteiger partial charge < -0.3 is 0 Å². The van der Waals surface area contributed by atoms with Gasteiger partial charge in [-0.15, -0.1) is 0 Å². The van der Waals surface area contributed by atoms with Crippen LogP contribution >= 0.6 is 0 Å². The van der Waals surface area contributed by atoms with Crippen LogP contribution in [0.15, 0.2) is 63.8 Å². The number of ether oxygens (including phenoxy) is 1. The number of allylic oxidation sites excluding steroid dienone is 4. The Bertz CT molecular complexity index is 1950. The molecule has 1 atom stereocenters. The summed E-state index contributed by atoms with van der Waals surface area (Å²) in [6, 6.07) is 12.5. The Labute approximate surface area is 284 Å². The fourth-order valence-corrected chi connectivity index (χ4v) is 11.7. The normalized spacial score (nSPS) is 19.1. The van der Waals surface area contributed by atoms with Crippen molar-refractivity contribution in [3.63, 3.8) is 0 Å². The molecule has 2 aromatic carbocycles. The van der Waals surface area contributed by atoms with Gasteiger partial charge in [-0.3, -0.25) is 0 Å². The van der Waals surface area contributed by atoms with Crippen LogP contribution in [0, 0.1) is 12.8 Å². The first kappa shape index (κ1) is 35.1. The van der Waals surface area contributed by atoms with Gasteiger partial charge in [0.1, 0.15) is 0 Å². The van der Waals surface area contributed by atoms with E-state index in [1.54, 1.807) is 0 Å². The monoisotopic (exact) mass is 800 g/mol. The van der Waals surface area contributed by atoms with Crippen molar-refractivity contribution in [3.8, 4) is 5.75 Å². The standard InChI is InChI=1S/C33H40N2O7S2Se2/c1-5-42-27-9-11-31-29(21-27)35(13-7-15-44(39,40)41)33(46-31)20-26-17-23(3)16-25(24(26)4)19-32-34(12-6-14-43(36,37)38)28-18-22(2)8-10-30(28)45-32/h8-11,18-21,23H,5-7,12-17H2,1-4H3,(H-,36,37,38,39,40,41). The number of anilines is 1. The molecule has 1 aliphatic heterocycles. The molecule has 1 aliphatic carbocycles. The third-order valence-corrected chi connectivity index (χ3v) is 14.4. The maximum atomic E-state index is 11.5. The summed E-state index contributed by atoms with van der Waals surface area (Å²) in [5.74, 6) is 0.504. The second-order valence-electron chi connectivity index (χ2n) is 12.0. The van der Waals surface area contributed by atoms with Crippen molar-refractivity contribution < 1.29 is 35.2 Å². The van der Waals surface area contributed by atoms with Crippen LogP contribution in [0.5, 0.6) is 5.75 Å². The van der Waals surface area contributed by atoms with Gasteiger partial charge in [-0.25, -0.2) is 0 Å². The van der Waals surface area contributed by atoms with Gasteiger partial charge in [0.05, 0.1) is 0 Å². The van der Waals surface area contributed by atoms with Gasteiger partial charge in [-0.1, -0.05) is 0 Å². The van der Waals surface area contributed by atoms with E-state index >= 15 is 0 Å². The zero-order valence-electron chi connectivity index (χ0n) is 26.5. The van der Waals surface area contributed by atoms with Crippen molar-refractivity contribution in [2.24, 2.45) is 5.92 Å². The summed E-state index contributed by atoms with van der Waals surface area (Å²) in [6.07, 6.45) is 6.99. The van der Waals surface area contributed by atoms with E-state index in [0.717, 1.165) is 39.9 Å². The molecule has 0 amide bonds. The molecule has 1 aromatic heterocycles. The fraction of sp³-hybridized carbons (Fsp3) is 0.424. The predicted molar refractivity (Wildman–Crippen MR) is 184 cm³/mol. The Kier molecular flexibility index (Phi) is 11.1. The number of benzene rings is 2. The molecule has 0 spiro atoms. The average Bonchev–Trinajstić information content (AvgIpc) is 3.46. The van der Waals surface area contributed by atoms with Crippen molar-refractivity contribution in [1.29, 1.82) is 0 Å². The minimum atomic E-state index is -4.29. The van der Waals surface area contributed by atoms with Gasteiger partial charge in [0.15, 0.2) is 0 Å². The zero-order valence-corrected chi connectivity index (χ0v) is 31.5. The van der Waals surface area contributed by atoms with Gasteiger partial charge >= 0.3 is 286 Å². The fourth-order valence-electron chi connectivity index (χ4n) is 6.00. The second-order valence-corrected chi connectivity index (χ2v) is 19.5. The minimum absolute atomic E-state index is 0.0114. The van der Waals surface area contributed by atoms with Crippen LogP contribution in [0.25, 0.3) is 15.9 Å². The summed E-state index contributed by atoms with van der Waals surface area (Å²) in [7, 11) is -8.35. The number of fused-ring (bicyclic) bond motifs is 2. The van der Waals surface area contributed by atoms with E-state index < -0.39 is 20.2 Å². The quantitative estimate of drug-likeness (QED) is 0.166. The van der Waals surface area contributed by atoms with Crippen molar-refractivity contribution >= 4 is 75.7 Å².